The molecule has 2 aliphatic rings. The van der Waals surface area contributed by atoms with E-state index < -0.39 is 5.92 Å². The molecule has 3 rings (SSSR count). The van der Waals surface area contributed by atoms with Crippen LogP contribution in [0.2, 0.25) is 0 Å². The van der Waals surface area contributed by atoms with Crippen LogP contribution in [0.25, 0.3) is 0 Å². The van der Waals surface area contributed by atoms with Crippen molar-refractivity contribution >= 4 is 0 Å². The molecule has 1 unspecified atom stereocenters. The number of hydrogen-bond acceptors (Lipinski definition) is 3. The lowest BCUT2D eigenvalue weighted by Crippen LogP contribution is -2.55. The average Bonchev–Trinajstić information content (AvgIpc) is 2.80. The van der Waals surface area contributed by atoms with E-state index in [1.807, 2.05) is 37.8 Å². The van der Waals surface area contributed by atoms with Crippen molar-refractivity contribution in [3.8, 4) is 0 Å². The minimum Gasteiger partial charge on any atom is -0.298 e. The molecule has 172 valence electrons. The van der Waals surface area contributed by atoms with Gasteiger partial charge in [0, 0.05) is 43.8 Å². The summed E-state index contributed by atoms with van der Waals surface area (Å²) >= 11 is 0. The van der Waals surface area contributed by atoms with Gasteiger partial charge in [0.2, 0.25) is 0 Å². The zero-order chi connectivity index (χ0) is 22.1. The van der Waals surface area contributed by atoms with Gasteiger partial charge in [0.1, 0.15) is 0 Å². The van der Waals surface area contributed by atoms with Crippen LogP contribution in [0.4, 0.5) is 8.78 Å². The number of nitrogens with zero attached hydrogens (tertiary/aromatic N) is 3. The maximum Gasteiger partial charge on any atom is 0.285 e. The third-order valence-corrected chi connectivity index (χ3v) is 6.84. The normalized spacial score (nSPS) is 21.2. The molecule has 0 aromatic heterocycles. The van der Waals surface area contributed by atoms with Crippen LogP contribution in [0.15, 0.2) is 24.3 Å². The third kappa shape index (κ3) is 6.73. The van der Waals surface area contributed by atoms with Crippen molar-refractivity contribution in [1.29, 1.82) is 0 Å². The number of hydrogen-bond donors (Lipinski definition) is 0. The summed E-state index contributed by atoms with van der Waals surface area (Å²) in [5.74, 6) is -2.78. The van der Waals surface area contributed by atoms with E-state index in [0.29, 0.717) is 12.1 Å². The van der Waals surface area contributed by atoms with Crippen LogP contribution in [0.5, 0.6) is 0 Å². The van der Waals surface area contributed by atoms with Crippen molar-refractivity contribution in [3.05, 3.63) is 35.4 Å². The van der Waals surface area contributed by atoms with Crippen LogP contribution < -0.4 is 0 Å². The Bertz CT molecular complexity index is 589. The van der Waals surface area contributed by atoms with Gasteiger partial charge in [0.25, 0.3) is 5.92 Å². The first kappa shape index (κ1) is 25.2. The van der Waals surface area contributed by atoms with Crippen molar-refractivity contribution in [2.45, 2.75) is 78.3 Å². The Balaban J connectivity index is 0.00000155. The van der Waals surface area contributed by atoms with Crippen molar-refractivity contribution in [2.75, 3.05) is 45.8 Å². The molecule has 3 nitrogen and oxygen atoms in total. The molecule has 0 amide bonds. The smallest absolute Gasteiger partial charge is 0.285 e. The van der Waals surface area contributed by atoms with E-state index in [9.17, 15) is 8.78 Å². The van der Waals surface area contributed by atoms with Crippen molar-refractivity contribution < 1.29 is 8.78 Å². The number of aryl methyl sites for hydroxylation is 1. The topological polar surface area (TPSA) is 9.72 Å². The largest absolute Gasteiger partial charge is 0.298 e. The molecule has 1 aromatic rings. The summed E-state index contributed by atoms with van der Waals surface area (Å²) < 4.78 is 29.4. The van der Waals surface area contributed by atoms with Crippen LogP contribution in [0.1, 0.15) is 65.0 Å². The Kier molecular flexibility index (Phi) is 10.2. The van der Waals surface area contributed by atoms with Gasteiger partial charge in [0.05, 0.1) is 6.54 Å². The number of benzene rings is 1. The minimum absolute atomic E-state index is 0.146. The van der Waals surface area contributed by atoms with Crippen molar-refractivity contribution in [1.82, 2.24) is 14.7 Å². The van der Waals surface area contributed by atoms with Gasteiger partial charge in [-0.15, -0.1) is 0 Å². The second kappa shape index (κ2) is 12.1. The van der Waals surface area contributed by atoms with Gasteiger partial charge >= 0.3 is 0 Å². The van der Waals surface area contributed by atoms with Crippen LogP contribution in [0.3, 0.4) is 0 Å². The van der Waals surface area contributed by atoms with E-state index in [4.69, 9.17) is 0 Å². The first-order chi connectivity index (χ1) is 14.4. The molecule has 0 N–H and O–H groups in total. The molecule has 0 bridgehead atoms. The molecule has 30 heavy (non-hydrogen) atoms. The van der Waals surface area contributed by atoms with Gasteiger partial charge in [-0.1, -0.05) is 52.0 Å². The van der Waals surface area contributed by atoms with Crippen LogP contribution in [0, 0.1) is 0 Å². The van der Waals surface area contributed by atoms with Crippen LogP contribution in [-0.4, -0.2) is 72.6 Å². The quantitative estimate of drug-likeness (QED) is 0.593. The lowest BCUT2D eigenvalue weighted by Gasteiger charge is -2.44. The standard InChI is InChI=1S/C23H37F2N3.C2H6/c1-4-19(3)27-14-16-28(17-15-27)22-10-12-26(13-11-22)18-23(24,25)21-8-6-20(5-2)7-9-21;1-2/h6-9,19,22H,4-5,10-18H2,1-3H3;1-2H3. The predicted octanol–water partition coefficient (Wildman–Crippen LogP) is 5.25. The molecule has 2 saturated heterocycles. The summed E-state index contributed by atoms with van der Waals surface area (Å²) in [6.07, 6.45) is 4.10. The van der Waals surface area contributed by atoms with E-state index in [2.05, 4.69) is 23.6 Å². The fourth-order valence-corrected chi connectivity index (χ4v) is 4.60. The zero-order valence-electron chi connectivity index (χ0n) is 19.8. The van der Waals surface area contributed by atoms with E-state index in [1.165, 1.54) is 6.42 Å². The number of piperazine rings is 1. The Morgan fingerprint density at radius 1 is 0.933 bits per heavy atom. The lowest BCUT2D eigenvalue weighted by atomic mass is 10.00. The number of alkyl halides is 2. The average molecular weight is 424 g/mol. The summed E-state index contributed by atoms with van der Waals surface area (Å²) in [7, 11) is 0. The van der Waals surface area contributed by atoms with Gasteiger partial charge < -0.3 is 0 Å². The predicted molar refractivity (Wildman–Crippen MR) is 123 cm³/mol. The summed E-state index contributed by atoms with van der Waals surface area (Å²) in [5.41, 5.74) is 1.25. The van der Waals surface area contributed by atoms with Crippen LogP contribution in [-0.2, 0) is 12.3 Å². The molecule has 2 aliphatic heterocycles. The zero-order valence-corrected chi connectivity index (χ0v) is 19.8. The second-order valence-corrected chi connectivity index (χ2v) is 8.59. The van der Waals surface area contributed by atoms with E-state index >= 15 is 0 Å². The monoisotopic (exact) mass is 423 g/mol. The molecule has 1 atom stereocenters. The molecule has 0 spiro atoms. The molecular formula is C25H43F2N3. The SMILES string of the molecule is CC.CCc1ccc(C(F)(F)CN2CCC(N3CCN(C(C)CC)CC3)CC2)cc1. The number of halogens is 2. The van der Waals surface area contributed by atoms with Gasteiger partial charge in [0.15, 0.2) is 0 Å². The molecule has 0 radical (unpaired) electrons. The Labute approximate surface area is 183 Å². The second-order valence-electron chi connectivity index (χ2n) is 8.59. The number of piperidine rings is 1. The molecule has 2 heterocycles. The van der Waals surface area contributed by atoms with Gasteiger partial charge in [-0.2, -0.15) is 8.78 Å². The molecular weight excluding hydrogens is 380 g/mol. The maximum absolute atomic E-state index is 14.7. The van der Waals surface area contributed by atoms with Gasteiger partial charge in [-0.25, -0.2) is 0 Å². The Hall–Kier alpha value is -1.04. The van der Waals surface area contributed by atoms with Crippen molar-refractivity contribution in [2.24, 2.45) is 0 Å². The summed E-state index contributed by atoms with van der Waals surface area (Å²) in [6, 6.07) is 8.08. The first-order valence-electron chi connectivity index (χ1n) is 12.1. The Morgan fingerprint density at radius 2 is 1.50 bits per heavy atom. The third-order valence-electron chi connectivity index (χ3n) is 6.84. The highest BCUT2D eigenvalue weighted by molar-refractivity contribution is 5.26. The fraction of sp³-hybridized carbons (Fsp3) is 0.760. The molecule has 1 aromatic carbocycles. The molecule has 0 saturated carbocycles. The highest BCUT2D eigenvalue weighted by atomic mass is 19.3. The lowest BCUT2D eigenvalue weighted by molar-refractivity contribution is -0.0488. The first-order valence-corrected chi connectivity index (χ1v) is 12.1. The van der Waals surface area contributed by atoms with Gasteiger partial charge in [-0.05, 0) is 51.3 Å². The molecule has 5 heteroatoms. The van der Waals surface area contributed by atoms with E-state index in [-0.39, 0.29) is 12.1 Å². The highest BCUT2D eigenvalue weighted by Crippen LogP contribution is 2.31. The van der Waals surface area contributed by atoms with E-state index in [1.54, 1.807) is 12.1 Å². The molecule has 2 fully saturated rings. The van der Waals surface area contributed by atoms with Crippen molar-refractivity contribution in [3.63, 3.8) is 0 Å². The van der Waals surface area contributed by atoms with Gasteiger partial charge in [-0.3, -0.25) is 14.7 Å². The fourth-order valence-electron chi connectivity index (χ4n) is 4.60. The summed E-state index contributed by atoms with van der Waals surface area (Å²) in [5, 5.41) is 0. The van der Waals surface area contributed by atoms with E-state index in [0.717, 1.165) is 64.1 Å². The molecule has 0 aliphatic carbocycles. The minimum atomic E-state index is -2.78. The van der Waals surface area contributed by atoms with Crippen LogP contribution >= 0.6 is 0 Å². The maximum atomic E-state index is 14.7. The summed E-state index contributed by atoms with van der Waals surface area (Å²) in [6.45, 7) is 16.5. The number of likely N-dealkylation sites (tertiary alicyclic amines) is 1. The Morgan fingerprint density at radius 3 is 2.00 bits per heavy atom. The highest BCUT2D eigenvalue weighted by Gasteiger charge is 2.36. The number of rotatable bonds is 7. The summed E-state index contributed by atoms with van der Waals surface area (Å²) in [4.78, 5) is 7.13.